The van der Waals surface area contributed by atoms with Gasteiger partial charge in [-0.1, -0.05) is 18.6 Å². The molecule has 2 heterocycles. The van der Waals surface area contributed by atoms with E-state index in [0.717, 1.165) is 31.2 Å². The highest BCUT2D eigenvalue weighted by molar-refractivity contribution is 7.89. The number of fused-ring (bicyclic) bond motifs is 1. The number of ketones is 1. The summed E-state index contributed by atoms with van der Waals surface area (Å²) in [6.07, 6.45) is 4.08. The first-order valence-corrected chi connectivity index (χ1v) is 13.0. The number of rotatable bonds is 8. The predicted octanol–water partition coefficient (Wildman–Crippen LogP) is 3.38. The molecule has 2 aromatic carbocycles. The van der Waals surface area contributed by atoms with Gasteiger partial charge in [0.1, 0.15) is 0 Å². The van der Waals surface area contributed by atoms with Crippen molar-refractivity contribution in [1.29, 1.82) is 0 Å². The Hall–Kier alpha value is -2.91. The average Bonchev–Trinajstić information content (AvgIpc) is 3.12. The summed E-state index contributed by atoms with van der Waals surface area (Å²) in [4.78, 5) is 24.8. The van der Waals surface area contributed by atoms with Gasteiger partial charge in [-0.15, -0.1) is 0 Å². The zero-order valence-electron chi connectivity index (χ0n) is 19.0. The van der Waals surface area contributed by atoms with E-state index < -0.39 is 16.0 Å². The molecule has 9 heteroatoms. The van der Waals surface area contributed by atoms with E-state index in [1.54, 1.807) is 42.5 Å². The van der Waals surface area contributed by atoms with Crippen LogP contribution in [0.4, 0.5) is 0 Å². The third-order valence-electron chi connectivity index (χ3n) is 5.93. The summed E-state index contributed by atoms with van der Waals surface area (Å²) in [5.41, 5.74) is 1.21. The number of carbonyl (C=O) groups is 2. The number of aryl methyl sites for hydroxylation is 1. The maximum atomic E-state index is 12.7. The van der Waals surface area contributed by atoms with Gasteiger partial charge in [-0.05, 0) is 55.2 Å². The third-order valence-corrected chi connectivity index (χ3v) is 7.84. The molecule has 2 aromatic rings. The summed E-state index contributed by atoms with van der Waals surface area (Å²) >= 11 is 0. The van der Waals surface area contributed by atoms with Gasteiger partial charge in [-0.2, -0.15) is 4.31 Å². The van der Waals surface area contributed by atoms with Gasteiger partial charge in [0, 0.05) is 31.5 Å². The summed E-state index contributed by atoms with van der Waals surface area (Å²) in [5.74, 6) is 0.296. The number of esters is 1. The van der Waals surface area contributed by atoms with Crippen LogP contribution >= 0.6 is 0 Å². The number of hydrogen-bond acceptors (Lipinski definition) is 7. The lowest BCUT2D eigenvalue weighted by molar-refractivity contribution is -0.142. The van der Waals surface area contributed by atoms with Crippen LogP contribution in [0.15, 0.2) is 47.4 Å². The molecule has 0 amide bonds. The molecule has 4 rings (SSSR count). The molecule has 1 saturated heterocycles. The zero-order chi connectivity index (χ0) is 24.0. The second-order valence-electron chi connectivity index (χ2n) is 8.40. The molecule has 2 aliphatic rings. The SMILES string of the molecule is O=C(CCc1ccc(S(=O)(=O)N2CCCCC2)cc1)OCC(=O)c1ccc2c(c1)OCCCO2. The van der Waals surface area contributed by atoms with Gasteiger partial charge in [-0.25, -0.2) is 8.42 Å². The van der Waals surface area contributed by atoms with Crippen molar-refractivity contribution in [2.75, 3.05) is 32.9 Å². The van der Waals surface area contributed by atoms with Crippen LogP contribution in [-0.2, 0) is 26.0 Å². The molecule has 34 heavy (non-hydrogen) atoms. The smallest absolute Gasteiger partial charge is 0.306 e. The van der Waals surface area contributed by atoms with E-state index in [2.05, 4.69) is 0 Å². The summed E-state index contributed by atoms with van der Waals surface area (Å²) in [7, 11) is -3.48. The number of piperidine rings is 1. The minimum atomic E-state index is -3.48. The highest BCUT2D eigenvalue weighted by atomic mass is 32.2. The Balaban J connectivity index is 1.25. The number of hydrogen-bond donors (Lipinski definition) is 0. The van der Waals surface area contributed by atoms with E-state index in [-0.39, 0.29) is 23.7 Å². The van der Waals surface area contributed by atoms with Crippen molar-refractivity contribution in [3.05, 3.63) is 53.6 Å². The van der Waals surface area contributed by atoms with E-state index in [0.29, 0.717) is 49.8 Å². The summed E-state index contributed by atoms with van der Waals surface area (Å²) < 4.78 is 43.3. The van der Waals surface area contributed by atoms with Crippen molar-refractivity contribution < 1.29 is 32.2 Å². The Morgan fingerprint density at radius 2 is 1.59 bits per heavy atom. The summed E-state index contributed by atoms with van der Waals surface area (Å²) in [6.45, 7) is 1.84. The molecule has 1 fully saturated rings. The van der Waals surface area contributed by atoms with E-state index in [9.17, 15) is 18.0 Å². The fraction of sp³-hybridized carbons (Fsp3) is 0.440. The Bertz CT molecular complexity index is 1120. The van der Waals surface area contributed by atoms with Crippen molar-refractivity contribution in [1.82, 2.24) is 4.31 Å². The molecule has 0 N–H and O–H groups in total. The van der Waals surface area contributed by atoms with Gasteiger partial charge in [0.2, 0.25) is 10.0 Å². The van der Waals surface area contributed by atoms with Crippen molar-refractivity contribution in [3.63, 3.8) is 0 Å². The van der Waals surface area contributed by atoms with Crippen molar-refractivity contribution in [3.8, 4) is 11.5 Å². The molecular formula is C25H29NO7S. The lowest BCUT2D eigenvalue weighted by Gasteiger charge is -2.25. The first kappa shape index (κ1) is 24.2. The van der Waals surface area contributed by atoms with Gasteiger partial charge in [0.05, 0.1) is 18.1 Å². The minimum absolute atomic E-state index is 0.0899. The Kier molecular flexibility index (Phi) is 7.84. The molecule has 0 radical (unpaired) electrons. The maximum absolute atomic E-state index is 12.7. The normalized spacial score (nSPS) is 16.5. The van der Waals surface area contributed by atoms with Gasteiger partial charge in [-0.3, -0.25) is 9.59 Å². The molecule has 0 spiro atoms. The molecule has 0 bridgehead atoms. The van der Waals surface area contributed by atoms with Crippen molar-refractivity contribution >= 4 is 21.8 Å². The van der Waals surface area contributed by atoms with Gasteiger partial charge in [0.25, 0.3) is 0 Å². The molecule has 2 aliphatic heterocycles. The molecular weight excluding hydrogens is 458 g/mol. The van der Waals surface area contributed by atoms with Crippen LogP contribution in [0.2, 0.25) is 0 Å². The van der Waals surface area contributed by atoms with Crippen LogP contribution in [0.1, 0.15) is 48.0 Å². The van der Waals surface area contributed by atoms with Gasteiger partial charge < -0.3 is 14.2 Å². The number of ether oxygens (including phenoxy) is 3. The van der Waals surface area contributed by atoms with E-state index in [4.69, 9.17) is 14.2 Å². The monoisotopic (exact) mass is 487 g/mol. The van der Waals surface area contributed by atoms with Crippen molar-refractivity contribution in [2.24, 2.45) is 0 Å². The molecule has 182 valence electrons. The number of sulfonamides is 1. The second kappa shape index (κ2) is 11.0. The van der Waals surface area contributed by atoms with E-state index in [1.807, 2.05) is 0 Å². The second-order valence-corrected chi connectivity index (χ2v) is 10.3. The van der Waals surface area contributed by atoms with Crippen LogP contribution in [0.5, 0.6) is 11.5 Å². The van der Waals surface area contributed by atoms with Crippen molar-refractivity contribution in [2.45, 2.75) is 43.4 Å². The van der Waals surface area contributed by atoms with Crippen LogP contribution in [0, 0.1) is 0 Å². The molecule has 8 nitrogen and oxygen atoms in total. The summed E-state index contributed by atoms with van der Waals surface area (Å²) in [6, 6.07) is 11.5. The molecule has 0 aromatic heterocycles. The average molecular weight is 488 g/mol. The largest absolute Gasteiger partial charge is 0.490 e. The molecule has 0 aliphatic carbocycles. The molecule has 0 unspecified atom stereocenters. The van der Waals surface area contributed by atoms with Crippen LogP contribution in [0.25, 0.3) is 0 Å². The van der Waals surface area contributed by atoms with E-state index in [1.165, 1.54) is 4.31 Å². The lowest BCUT2D eigenvalue weighted by Crippen LogP contribution is -2.35. The first-order valence-electron chi connectivity index (χ1n) is 11.6. The first-order chi connectivity index (χ1) is 16.4. The van der Waals surface area contributed by atoms with Gasteiger partial charge in [0.15, 0.2) is 23.9 Å². The number of nitrogens with zero attached hydrogens (tertiary/aromatic N) is 1. The standard InChI is InChI=1S/C25H29NO7S/c27-22(20-8-11-23-24(17-20)32-16-4-15-31-23)18-33-25(28)12-7-19-5-9-21(10-6-19)34(29,30)26-13-2-1-3-14-26/h5-6,8-11,17H,1-4,7,12-16,18H2. The van der Waals surface area contributed by atoms with Crippen LogP contribution in [-0.4, -0.2) is 57.4 Å². The molecule has 0 saturated carbocycles. The maximum Gasteiger partial charge on any atom is 0.306 e. The van der Waals surface area contributed by atoms with Gasteiger partial charge >= 0.3 is 5.97 Å². The Labute approximate surface area is 199 Å². The zero-order valence-corrected chi connectivity index (χ0v) is 19.8. The van der Waals surface area contributed by atoms with Crippen LogP contribution < -0.4 is 9.47 Å². The highest BCUT2D eigenvalue weighted by Gasteiger charge is 2.25. The Morgan fingerprint density at radius 1 is 0.882 bits per heavy atom. The quantitative estimate of drug-likeness (QED) is 0.416. The fourth-order valence-electron chi connectivity index (χ4n) is 3.97. The van der Waals surface area contributed by atoms with Crippen LogP contribution in [0.3, 0.4) is 0 Å². The number of carbonyl (C=O) groups excluding carboxylic acids is 2. The topological polar surface area (TPSA) is 99.2 Å². The lowest BCUT2D eigenvalue weighted by atomic mass is 10.1. The minimum Gasteiger partial charge on any atom is -0.490 e. The number of Topliss-reactive ketones (excluding diaryl/α,β-unsaturated/α-hetero) is 1. The highest BCUT2D eigenvalue weighted by Crippen LogP contribution is 2.30. The summed E-state index contributed by atoms with van der Waals surface area (Å²) in [5, 5.41) is 0. The Morgan fingerprint density at radius 3 is 2.32 bits per heavy atom. The van der Waals surface area contributed by atoms with E-state index >= 15 is 0 Å². The molecule has 0 atom stereocenters. The third kappa shape index (κ3) is 5.95. The number of benzene rings is 2. The predicted molar refractivity (Wildman–Crippen MR) is 125 cm³/mol. The fourth-order valence-corrected chi connectivity index (χ4v) is 5.48.